The van der Waals surface area contributed by atoms with Crippen LogP contribution in [0.15, 0.2) is 0 Å². The third-order valence-corrected chi connectivity index (χ3v) is 4.19. The second kappa shape index (κ2) is 5.55. The summed E-state index contributed by atoms with van der Waals surface area (Å²) in [6, 6.07) is 0.252. The van der Waals surface area contributed by atoms with Crippen LogP contribution in [0.2, 0.25) is 0 Å². The summed E-state index contributed by atoms with van der Waals surface area (Å²) in [5.41, 5.74) is 0.0589. The van der Waals surface area contributed by atoms with E-state index in [0.29, 0.717) is 31.7 Å². The van der Waals surface area contributed by atoms with Gasteiger partial charge >= 0.3 is 0 Å². The lowest BCUT2D eigenvalue weighted by Crippen LogP contribution is -2.67. The molecule has 2 fully saturated rings. The van der Waals surface area contributed by atoms with Gasteiger partial charge in [-0.3, -0.25) is 4.79 Å². The number of carbonyl (C=O) groups is 1. The van der Waals surface area contributed by atoms with Gasteiger partial charge in [-0.15, -0.1) is 0 Å². The van der Waals surface area contributed by atoms with Crippen LogP contribution in [0, 0.1) is 11.3 Å². The standard InChI is InChI=1S/C13H24N2O3/c1-13(2)11(9-4-6-18-12(9)13)15-10(16)8-14-5-7-17-3/h9,11-12,14H,4-8H2,1-3H3,(H,15,16). The van der Waals surface area contributed by atoms with Crippen molar-refractivity contribution in [3.63, 3.8) is 0 Å². The smallest absolute Gasteiger partial charge is 0.234 e. The molecule has 1 aliphatic carbocycles. The summed E-state index contributed by atoms with van der Waals surface area (Å²) < 4.78 is 10.6. The molecule has 18 heavy (non-hydrogen) atoms. The molecule has 0 radical (unpaired) electrons. The third kappa shape index (κ3) is 2.53. The van der Waals surface area contributed by atoms with E-state index in [1.807, 2.05) is 0 Å². The minimum absolute atomic E-state index is 0.0589. The number of nitrogens with one attached hydrogen (secondary N) is 2. The van der Waals surface area contributed by atoms with Gasteiger partial charge in [0.25, 0.3) is 0 Å². The summed E-state index contributed by atoms with van der Waals surface area (Å²) >= 11 is 0. The SMILES string of the molecule is COCCNCC(=O)NC1C2CCOC2C1(C)C. The number of fused-ring (bicyclic) bond motifs is 1. The first-order valence-electron chi connectivity index (χ1n) is 6.68. The van der Waals surface area contributed by atoms with Crippen molar-refractivity contribution in [2.75, 3.05) is 33.4 Å². The van der Waals surface area contributed by atoms with Crippen molar-refractivity contribution in [3.05, 3.63) is 0 Å². The fraction of sp³-hybridized carbons (Fsp3) is 0.923. The molecule has 3 unspecified atom stereocenters. The van der Waals surface area contributed by atoms with Crippen molar-refractivity contribution in [1.29, 1.82) is 0 Å². The Balaban J connectivity index is 1.74. The molecule has 0 aromatic rings. The normalized spacial score (nSPS) is 32.7. The third-order valence-electron chi connectivity index (χ3n) is 4.19. The average molecular weight is 256 g/mol. The number of hydrogen-bond acceptors (Lipinski definition) is 4. The van der Waals surface area contributed by atoms with E-state index in [1.54, 1.807) is 7.11 Å². The summed E-state index contributed by atoms with van der Waals surface area (Å²) in [5, 5.41) is 6.19. The fourth-order valence-corrected chi connectivity index (χ4v) is 3.22. The lowest BCUT2D eigenvalue weighted by molar-refractivity contribution is -0.137. The Morgan fingerprint density at radius 2 is 2.28 bits per heavy atom. The highest BCUT2D eigenvalue weighted by atomic mass is 16.5. The Morgan fingerprint density at radius 3 is 3.00 bits per heavy atom. The van der Waals surface area contributed by atoms with Crippen molar-refractivity contribution in [2.24, 2.45) is 11.3 Å². The zero-order chi connectivity index (χ0) is 13.2. The topological polar surface area (TPSA) is 59.6 Å². The van der Waals surface area contributed by atoms with Gasteiger partial charge in [0, 0.05) is 37.6 Å². The zero-order valence-corrected chi connectivity index (χ0v) is 11.5. The van der Waals surface area contributed by atoms with Crippen LogP contribution in [0.4, 0.5) is 0 Å². The lowest BCUT2D eigenvalue weighted by Gasteiger charge is -2.54. The number of methoxy groups -OCH3 is 1. The molecule has 5 nitrogen and oxygen atoms in total. The van der Waals surface area contributed by atoms with Crippen molar-refractivity contribution >= 4 is 5.91 Å². The van der Waals surface area contributed by atoms with Gasteiger partial charge < -0.3 is 20.1 Å². The molecule has 0 bridgehead atoms. The van der Waals surface area contributed by atoms with E-state index in [0.717, 1.165) is 13.0 Å². The Morgan fingerprint density at radius 1 is 1.50 bits per heavy atom. The van der Waals surface area contributed by atoms with Gasteiger partial charge in [0.15, 0.2) is 0 Å². The minimum atomic E-state index is 0.0589. The van der Waals surface area contributed by atoms with E-state index in [9.17, 15) is 4.79 Å². The molecule has 1 aliphatic heterocycles. The van der Waals surface area contributed by atoms with Gasteiger partial charge in [0.05, 0.1) is 19.3 Å². The maximum absolute atomic E-state index is 11.8. The van der Waals surface area contributed by atoms with Crippen LogP contribution in [-0.2, 0) is 14.3 Å². The Kier molecular flexibility index (Phi) is 4.25. The molecule has 1 saturated carbocycles. The number of hydrogen-bond donors (Lipinski definition) is 2. The van der Waals surface area contributed by atoms with E-state index in [2.05, 4.69) is 24.5 Å². The van der Waals surface area contributed by atoms with Gasteiger partial charge in [0.1, 0.15) is 0 Å². The van der Waals surface area contributed by atoms with Crippen molar-refractivity contribution in [1.82, 2.24) is 10.6 Å². The van der Waals surface area contributed by atoms with Crippen molar-refractivity contribution < 1.29 is 14.3 Å². The molecule has 3 atom stereocenters. The van der Waals surface area contributed by atoms with E-state index in [4.69, 9.17) is 9.47 Å². The first kappa shape index (κ1) is 13.8. The average Bonchev–Trinajstić information content (AvgIpc) is 2.78. The molecule has 2 aliphatic rings. The second-order valence-electron chi connectivity index (χ2n) is 5.78. The maximum atomic E-state index is 11.8. The molecule has 0 aromatic heterocycles. The minimum Gasteiger partial charge on any atom is -0.383 e. The van der Waals surface area contributed by atoms with Crippen molar-refractivity contribution in [3.8, 4) is 0 Å². The summed E-state index contributed by atoms with van der Waals surface area (Å²) in [7, 11) is 1.65. The molecule has 2 N–H and O–H groups in total. The number of rotatable bonds is 6. The quantitative estimate of drug-likeness (QED) is 0.664. The van der Waals surface area contributed by atoms with Crippen molar-refractivity contribution in [2.45, 2.75) is 32.4 Å². The number of amides is 1. The highest BCUT2D eigenvalue weighted by Crippen LogP contribution is 2.51. The molecule has 1 saturated heterocycles. The molecule has 1 amide bonds. The molecule has 0 aromatic carbocycles. The monoisotopic (exact) mass is 256 g/mol. The highest BCUT2D eigenvalue weighted by molar-refractivity contribution is 5.78. The van der Waals surface area contributed by atoms with Crippen LogP contribution in [-0.4, -0.2) is 51.5 Å². The first-order chi connectivity index (χ1) is 8.57. The van der Waals surface area contributed by atoms with E-state index in [-0.39, 0.29) is 17.4 Å². The molecular weight excluding hydrogens is 232 g/mol. The van der Waals surface area contributed by atoms with Gasteiger partial charge in [-0.1, -0.05) is 13.8 Å². The van der Waals surface area contributed by atoms with Gasteiger partial charge in [0.2, 0.25) is 5.91 Å². The number of ether oxygens (including phenoxy) is 2. The number of carbonyl (C=O) groups excluding carboxylic acids is 1. The van der Waals surface area contributed by atoms with Crippen LogP contribution in [0.5, 0.6) is 0 Å². The van der Waals surface area contributed by atoms with Crippen LogP contribution in [0.1, 0.15) is 20.3 Å². The van der Waals surface area contributed by atoms with Crippen LogP contribution >= 0.6 is 0 Å². The van der Waals surface area contributed by atoms with Crippen LogP contribution in [0.3, 0.4) is 0 Å². The summed E-state index contributed by atoms with van der Waals surface area (Å²) in [5.74, 6) is 0.567. The second-order valence-corrected chi connectivity index (χ2v) is 5.78. The van der Waals surface area contributed by atoms with Crippen LogP contribution < -0.4 is 10.6 Å². The zero-order valence-electron chi connectivity index (χ0n) is 11.5. The summed E-state index contributed by atoms with van der Waals surface area (Å²) in [6.45, 7) is 6.85. The van der Waals surface area contributed by atoms with Gasteiger partial charge in [-0.2, -0.15) is 0 Å². The van der Waals surface area contributed by atoms with Gasteiger partial charge in [-0.05, 0) is 6.42 Å². The maximum Gasteiger partial charge on any atom is 0.234 e. The lowest BCUT2D eigenvalue weighted by atomic mass is 9.57. The molecule has 0 spiro atoms. The Labute approximate surface area is 109 Å². The van der Waals surface area contributed by atoms with Crippen LogP contribution in [0.25, 0.3) is 0 Å². The fourth-order valence-electron chi connectivity index (χ4n) is 3.22. The predicted molar refractivity (Wildman–Crippen MR) is 68.3 cm³/mol. The van der Waals surface area contributed by atoms with E-state index >= 15 is 0 Å². The summed E-state index contributed by atoms with van der Waals surface area (Å²) in [6.07, 6.45) is 1.39. The largest absolute Gasteiger partial charge is 0.383 e. The van der Waals surface area contributed by atoms with Gasteiger partial charge in [-0.25, -0.2) is 0 Å². The highest BCUT2D eigenvalue weighted by Gasteiger charge is 2.59. The Bertz CT molecular complexity index is 307. The summed E-state index contributed by atoms with van der Waals surface area (Å²) in [4.78, 5) is 11.8. The first-order valence-corrected chi connectivity index (χ1v) is 6.68. The molecule has 104 valence electrons. The predicted octanol–water partition coefficient (Wildman–Crippen LogP) is 0.152. The molecular formula is C13H24N2O3. The Hall–Kier alpha value is -0.650. The van der Waals surface area contributed by atoms with E-state index < -0.39 is 0 Å². The molecule has 1 heterocycles. The molecule has 5 heteroatoms. The van der Waals surface area contributed by atoms with E-state index in [1.165, 1.54) is 0 Å². The molecule has 2 rings (SSSR count).